The van der Waals surface area contributed by atoms with Crippen molar-refractivity contribution in [3.63, 3.8) is 0 Å². The molecule has 1 nitrogen and oxygen atoms in total. The van der Waals surface area contributed by atoms with E-state index >= 15 is 0 Å². The summed E-state index contributed by atoms with van der Waals surface area (Å²) >= 11 is 0. The molecule has 1 aliphatic carbocycles. The van der Waals surface area contributed by atoms with Gasteiger partial charge in [0.25, 0.3) is 0 Å². The Bertz CT molecular complexity index is 573. The Labute approximate surface area is 113 Å². The van der Waals surface area contributed by atoms with Crippen LogP contribution in [0.4, 0.5) is 10.1 Å². The molecule has 0 amide bonds. The summed E-state index contributed by atoms with van der Waals surface area (Å²) < 4.78 is 14.1. The monoisotopic (exact) mass is 255 g/mol. The van der Waals surface area contributed by atoms with Gasteiger partial charge < -0.3 is 5.32 Å². The molecule has 1 aliphatic rings. The second-order valence-electron chi connectivity index (χ2n) is 5.59. The van der Waals surface area contributed by atoms with Crippen molar-refractivity contribution in [1.29, 1.82) is 0 Å². The lowest BCUT2D eigenvalue weighted by molar-refractivity contribution is 0.586. The van der Waals surface area contributed by atoms with E-state index in [-0.39, 0.29) is 11.2 Å². The summed E-state index contributed by atoms with van der Waals surface area (Å²) in [5.74, 6) is -0.0851. The van der Waals surface area contributed by atoms with Crippen LogP contribution in [0.3, 0.4) is 0 Å². The zero-order chi connectivity index (χ0) is 13.3. The largest absolute Gasteiger partial charge is 0.381 e. The highest BCUT2D eigenvalue weighted by atomic mass is 19.1. The average molecular weight is 255 g/mol. The maximum atomic E-state index is 14.1. The van der Waals surface area contributed by atoms with Crippen LogP contribution in [0.25, 0.3) is 0 Å². The fourth-order valence-electron chi connectivity index (χ4n) is 2.37. The molecular weight excluding hydrogens is 237 g/mol. The minimum absolute atomic E-state index is 0.0851. The molecule has 0 radical (unpaired) electrons. The van der Waals surface area contributed by atoms with Crippen molar-refractivity contribution < 1.29 is 4.39 Å². The van der Waals surface area contributed by atoms with Gasteiger partial charge in [-0.3, -0.25) is 0 Å². The summed E-state index contributed by atoms with van der Waals surface area (Å²) in [6.45, 7) is 2.85. The molecule has 0 heterocycles. The Morgan fingerprint density at radius 1 is 1.11 bits per heavy atom. The van der Waals surface area contributed by atoms with Gasteiger partial charge >= 0.3 is 0 Å². The van der Waals surface area contributed by atoms with E-state index in [4.69, 9.17) is 0 Å². The van der Waals surface area contributed by atoms with E-state index in [0.29, 0.717) is 0 Å². The Morgan fingerprint density at radius 3 is 2.47 bits per heavy atom. The molecule has 3 rings (SSSR count). The first-order valence-corrected chi connectivity index (χ1v) is 6.75. The van der Waals surface area contributed by atoms with Gasteiger partial charge in [0.15, 0.2) is 0 Å². The molecule has 1 N–H and O–H groups in total. The highest BCUT2D eigenvalue weighted by Crippen LogP contribution is 2.48. The number of halogens is 1. The minimum Gasteiger partial charge on any atom is -0.381 e. The summed E-state index contributed by atoms with van der Waals surface area (Å²) in [7, 11) is 0. The number of hydrogen-bond acceptors (Lipinski definition) is 1. The smallest absolute Gasteiger partial charge is 0.129 e. The molecule has 98 valence electrons. The molecule has 2 aromatic rings. The fourth-order valence-corrected chi connectivity index (χ4v) is 2.37. The second-order valence-corrected chi connectivity index (χ2v) is 5.59. The van der Waals surface area contributed by atoms with Crippen LogP contribution in [-0.2, 0) is 12.0 Å². The Kier molecular flexibility index (Phi) is 3.02. The Morgan fingerprint density at radius 2 is 1.84 bits per heavy atom. The number of nitrogens with one attached hydrogen (secondary N) is 1. The van der Waals surface area contributed by atoms with Crippen LogP contribution in [0, 0.1) is 5.82 Å². The number of rotatable bonds is 4. The number of anilines is 1. The molecule has 0 aliphatic heterocycles. The van der Waals surface area contributed by atoms with Crippen molar-refractivity contribution in [3.8, 4) is 0 Å². The van der Waals surface area contributed by atoms with Crippen LogP contribution in [0.1, 0.15) is 30.9 Å². The van der Waals surface area contributed by atoms with E-state index in [1.54, 1.807) is 6.07 Å². The summed E-state index contributed by atoms with van der Waals surface area (Å²) in [4.78, 5) is 0. The van der Waals surface area contributed by atoms with E-state index < -0.39 is 0 Å². The third-order valence-corrected chi connectivity index (χ3v) is 3.96. The molecule has 0 bridgehead atoms. The summed E-state index contributed by atoms with van der Waals surface area (Å²) in [6, 6.07) is 15.6. The third kappa shape index (κ3) is 2.62. The first-order chi connectivity index (χ1) is 9.17. The van der Waals surface area contributed by atoms with Gasteiger partial charge in [0, 0.05) is 12.2 Å². The van der Waals surface area contributed by atoms with Gasteiger partial charge in [-0.2, -0.15) is 0 Å². The quantitative estimate of drug-likeness (QED) is 0.848. The number of hydrogen-bond donors (Lipinski definition) is 1. The molecule has 1 fully saturated rings. The van der Waals surface area contributed by atoms with E-state index in [2.05, 4.69) is 24.4 Å². The normalized spacial score (nSPS) is 16.1. The van der Waals surface area contributed by atoms with E-state index in [0.717, 1.165) is 30.6 Å². The summed E-state index contributed by atoms with van der Waals surface area (Å²) in [5.41, 5.74) is 2.98. The molecule has 0 unspecified atom stereocenters. The lowest BCUT2D eigenvalue weighted by Crippen LogP contribution is -2.05. The van der Waals surface area contributed by atoms with Crippen molar-refractivity contribution in [2.45, 2.75) is 31.7 Å². The van der Waals surface area contributed by atoms with E-state index in [9.17, 15) is 4.39 Å². The van der Waals surface area contributed by atoms with Crippen molar-refractivity contribution in [2.75, 3.05) is 5.32 Å². The van der Waals surface area contributed by atoms with Crippen LogP contribution in [0.5, 0.6) is 0 Å². The maximum Gasteiger partial charge on any atom is 0.129 e. The van der Waals surface area contributed by atoms with E-state index in [1.807, 2.05) is 30.3 Å². The number of benzene rings is 2. The predicted molar refractivity (Wildman–Crippen MR) is 76.8 cm³/mol. The third-order valence-electron chi connectivity index (χ3n) is 3.96. The fraction of sp³-hybridized carbons (Fsp3) is 0.294. The van der Waals surface area contributed by atoms with Crippen molar-refractivity contribution >= 4 is 5.69 Å². The molecule has 0 atom stereocenters. The molecule has 2 aromatic carbocycles. The van der Waals surface area contributed by atoms with Crippen molar-refractivity contribution in [1.82, 2.24) is 0 Å². The van der Waals surface area contributed by atoms with Gasteiger partial charge in [-0.15, -0.1) is 0 Å². The van der Waals surface area contributed by atoms with Gasteiger partial charge in [0.05, 0.1) is 0 Å². The van der Waals surface area contributed by atoms with E-state index in [1.165, 1.54) is 5.56 Å². The highest BCUT2D eigenvalue weighted by Gasteiger charge is 2.40. The molecule has 0 spiro atoms. The Balaban J connectivity index is 1.71. The highest BCUT2D eigenvalue weighted by molar-refractivity contribution is 5.48. The van der Waals surface area contributed by atoms with Gasteiger partial charge in [-0.05, 0) is 41.5 Å². The van der Waals surface area contributed by atoms with Gasteiger partial charge in [-0.25, -0.2) is 4.39 Å². The zero-order valence-corrected chi connectivity index (χ0v) is 11.1. The lowest BCUT2D eigenvalue weighted by Gasteiger charge is -2.12. The Hall–Kier alpha value is -1.83. The van der Waals surface area contributed by atoms with Crippen molar-refractivity contribution in [3.05, 3.63) is 65.5 Å². The van der Waals surface area contributed by atoms with Crippen molar-refractivity contribution in [2.24, 2.45) is 0 Å². The first kappa shape index (κ1) is 12.2. The summed E-state index contributed by atoms with van der Waals surface area (Å²) in [5, 5.41) is 3.26. The van der Waals surface area contributed by atoms with Gasteiger partial charge in [0.1, 0.15) is 5.82 Å². The predicted octanol–water partition coefficient (Wildman–Crippen LogP) is 4.49. The SMILES string of the molecule is CC1(c2ccc(NCc3ccccc3)cc2F)CC1. The maximum absolute atomic E-state index is 14.1. The molecule has 2 heteroatoms. The lowest BCUT2D eigenvalue weighted by atomic mass is 9.97. The van der Waals surface area contributed by atoms with Crippen LogP contribution in [0.15, 0.2) is 48.5 Å². The summed E-state index contributed by atoms with van der Waals surface area (Å²) in [6.07, 6.45) is 2.20. The molecule has 1 saturated carbocycles. The average Bonchev–Trinajstić information content (AvgIpc) is 3.16. The van der Waals surface area contributed by atoms with Gasteiger partial charge in [-0.1, -0.05) is 43.3 Å². The molecule has 0 saturated heterocycles. The van der Waals surface area contributed by atoms with Crippen LogP contribution >= 0.6 is 0 Å². The van der Waals surface area contributed by atoms with Crippen LogP contribution in [0.2, 0.25) is 0 Å². The molecule has 0 aromatic heterocycles. The zero-order valence-electron chi connectivity index (χ0n) is 11.1. The topological polar surface area (TPSA) is 12.0 Å². The standard InChI is InChI=1S/C17H18FN/c1-17(9-10-17)15-8-7-14(11-16(15)18)19-12-13-5-3-2-4-6-13/h2-8,11,19H,9-10,12H2,1H3. The second kappa shape index (κ2) is 4.69. The van der Waals surface area contributed by atoms with Crippen LogP contribution in [-0.4, -0.2) is 0 Å². The van der Waals surface area contributed by atoms with Crippen LogP contribution < -0.4 is 5.32 Å². The van der Waals surface area contributed by atoms with Gasteiger partial charge in [0.2, 0.25) is 0 Å². The molecule has 19 heavy (non-hydrogen) atoms. The minimum atomic E-state index is -0.0851. The molecular formula is C17H18FN. The first-order valence-electron chi connectivity index (χ1n) is 6.75.